The first-order chi connectivity index (χ1) is 11.4. The van der Waals surface area contributed by atoms with Crippen LogP contribution in [0.3, 0.4) is 0 Å². The summed E-state index contributed by atoms with van der Waals surface area (Å²) in [4.78, 5) is 11.0. The van der Waals surface area contributed by atoms with Crippen molar-refractivity contribution in [2.75, 3.05) is 6.79 Å². The second-order valence-corrected chi connectivity index (χ2v) is 5.73. The maximum absolute atomic E-state index is 11.0. The van der Waals surface area contributed by atoms with Gasteiger partial charge in [0, 0.05) is 0 Å². The molecule has 1 rings (SSSR count). The summed E-state index contributed by atoms with van der Waals surface area (Å²) in [6, 6.07) is 9.90. The van der Waals surface area contributed by atoms with E-state index in [0.717, 1.165) is 24.7 Å². The highest BCUT2D eigenvalue weighted by Crippen LogP contribution is 2.10. The molecule has 3 heteroatoms. The molecule has 3 nitrogen and oxygen atoms in total. The van der Waals surface area contributed by atoms with E-state index in [0.29, 0.717) is 12.4 Å². The summed E-state index contributed by atoms with van der Waals surface area (Å²) in [5, 5.41) is 0. The molecule has 0 atom stereocenters. The van der Waals surface area contributed by atoms with E-state index in [-0.39, 0.29) is 6.79 Å². The molecule has 0 heterocycles. The number of hydrogen-bond donors (Lipinski definition) is 0. The maximum atomic E-state index is 11.0. The second-order valence-electron chi connectivity index (χ2n) is 5.73. The van der Waals surface area contributed by atoms with Crippen molar-refractivity contribution < 1.29 is 14.3 Å². The topological polar surface area (TPSA) is 35.5 Å². The molecule has 0 spiro atoms. The molecule has 128 valence electrons. The van der Waals surface area contributed by atoms with Gasteiger partial charge in [0.25, 0.3) is 0 Å². The van der Waals surface area contributed by atoms with E-state index < -0.39 is 0 Å². The van der Waals surface area contributed by atoms with Crippen molar-refractivity contribution in [3.05, 3.63) is 47.7 Å². The summed E-state index contributed by atoms with van der Waals surface area (Å²) in [6.07, 6.45) is 12.4. The third-order valence-electron chi connectivity index (χ3n) is 3.69. The van der Waals surface area contributed by atoms with Gasteiger partial charge in [-0.15, -0.1) is 0 Å². The number of carbonyl (C=O) groups excluding carboxylic acids is 1. The standard InChI is InChI=1S/C20H30O3/c1-2-3-4-5-6-7-8-12-15-20(16-21)23-18-22-17-19-13-10-9-11-14-19/h9-11,13-16H,2-8,12,17-18H2,1H3. The molecule has 1 aromatic carbocycles. The quantitative estimate of drug-likeness (QED) is 0.151. The molecule has 0 amide bonds. The van der Waals surface area contributed by atoms with Gasteiger partial charge in [-0.2, -0.15) is 0 Å². The molecule has 0 N–H and O–H groups in total. The van der Waals surface area contributed by atoms with Crippen LogP contribution in [0.4, 0.5) is 0 Å². The Kier molecular flexibility index (Phi) is 11.8. The molecule has 0 aliphatic heterocycles. The number of hydrogen-bond acceptors (Lipinski definition) is 3. The van der Waals surface area contributed by atoms with Crippen LogP contribution in [0.15, 0.2) is 42.2 Å². The SMILES string of the molecule is CCCCCCCCCC=C(C=O)OCOCc1ccccc1. The van der Waals surface area contributed by atoms with Gasteiger partial charge in [0.2, 0.25) is 0 Å². The highest BCUT2D eigenvalue weighted by molar-refractivity contribution is 5.69. The van der Waals surface area contributed by atoms with E-state index in [1.54, 1.807) is 0 Å². The highest BCUT2D eigenvalue weighted by Gasteiger charge is 1.97. The molecule has 0 aliphatic rings. The monoisotopic (exact) mass is 318 g/mol. The van der Waals surface area contributed by atoms with Crippen LogP contribution in [0, 0.1) is 0 Å². The van der Waals surface area contributed by atoms with Gasteiger partial charge >= 0.3 is 0 Å². The fourth-order valence-corrected chi connectivity index (χ4v) is 2.33. The van der Waals surface area contributed by atoms with E-state index in [1.807, 2.05) is 36.4 Å². The normalized spacial score (nSPS) is 11.4. The van der Waals surface area contributed by atoms with Gasteiger partial charge in [0.15, 0.2) is 18.8 Å². The molecule has 0 aliphatic carbocycles. The summed E-state index contributed by atoms with van der Waals surface area (Å²) in [5.41, 5.74) is 1.09. The lowest BCUT2D eigenvalue weighted by Crippen LogP contribution is -2.01. The van der Waals surface area contributed by atoms with Gasteiger partial charge in [0.05, 0.1) is 6.61 Å². The number of aldehydes is 1. The second kappa shape index (κ2) is 14.0. The molecule has 0 bridgehead atoms. The fraction of sp³-hybridized carbons (Fsp3) is 0.550. The number of ether oxygens (including phenoxy) is 2. The third kappa shape index (κ3) is 10.7. The molecule has 0 saturated carbocycles. The molecule has 0 saturated heterocycles. The summed E-state index contributed by atoms with van der Waals surface area (Å²) in [7, 11) is 0. The number of rotatable bonds is 14. The van der Waals surface area contributed by atoms with Gasteiger partial charge in [-0.05, 0) is 24.5 Å². The van der Waals surface area contributed by atoms with Crippen LogP contribution < -0.4 is 0 Å². The minimum Gasteiger partial charge on any atom is -0.464 e. The van der Waals surface area contributed by atoms with Gasteiger partial charge in [0.1, 0.15) is 0 Å². The van der Waals surface area contributed by atoms with E-state index in [2.05, 4.69) is 6.92 Å². The predicted molar refractivity (Wildman–Crippen MR) is 93.9 cm³/mol. The Morgan fingerprint density at radius 3 is 2.39 bits per heavy atom. The van der Waals surface area contributed by atoms with Crippen molar-refractivity contribution in [3.8, 4) is 0 Å². The van der Waals surface area contributed by atoms with Crippen LogP contribution in [0.25, 0.3) is 0 Å². The molecule has 1 aromatic rings. The van der Waals surface area contributed by atoms with Crippen LogP contribution >= 0.6 is 0 Å². The molecule has 0 fully saturated rings. The Hall–Kier alpha value is -1.61. The van der Waals surface area contributed by atoms with Gasteiger partial charge in [-0.25, -0.2) is 0 Å². The zero-order valence-electron chi connectivity index (χ0n) is 14.3. The average molecular weight is 318 g/mol. The van der Waals surface area contributed by atoms with Crippen LogP contribution in [0.5, 0.6) is 0 Å². The smallest absolute Gasteiger partial charge is 0.189 e. The largest absolute Gasteiger partial charge is 0.464 e. The van der Waals surface area contributed by atoms with Gasteiger partial charge < -0.3 is 9.47 Å². The van der Waals surface area contributed by atoms with Gasteiger partial charge in [-0.3, -0.25) is 4.79 Å². The van der Waals surface area contributed by atoms with E-state index >= 15 is 0 Å². The minimum atomic E-state index is 0.108. The Balaban J connectivity index is 2.05. The van der Waals surface area contributed by atoms with Crippen molar-refractivity contribution in [2.45, 2.75) is 64.9 Å². The lowest BCUT2D eigenvalue weighted by atomic mass is 10.1. The van der Waals surface area contributed by atoms with Crippen molar-refractivity contribution >= 4 is 6.29 Å². The Labute approximate surface area is 140 Å². The van der Waals surface area contributed by atoms with Crippen molar-refractivity contribution in [3.63, 3.8) is 0 Å². The first kappa shape index (κ1) is 19.4. The highest BCUT2D eigenvalue weighted by atomic mass is 16.7. The fourth-order valence-electron chi connectivity index (χ4n) is 2.33. The third-order valence-corrected chi connectivity index (χ3v) is 3.69. The Morgan fingerprint density at radius 1 is 1.00 bits per heavy atom. The van der Waals surface area contributed by atoms with Crippen molar-refractivity contribution in [2.24, 2.45) is 0 Å². The zero-order chi connectivity index (χ0) is 16.6. The average Bonchev–Trinajstić information content (AvgIpc) is 2.60. The van der Waals surface area contributed by atoms with Crippen LogP contribution in [-0.2, 0) is 20.9 Å². The number of benzene rings is 1. The molecule has 23 heavy (non-hydrogen) atoms. The molecule has 0 aromatic heterocycles. The summed E-state index contributed by atoms with van der Waals surface area (Å²) >= 11 is 0. The summed E-state index contributed by atoms with van der Waals surface area (Å²) in [5.74, 6) is 0.379. The predicted octanol–water partition coefficient (Wildman–Crippen LogP) is 5.40. The first-order valence-corrected chi connectivity index (χ1v) is 8.76. The number of allylic oxidation sites excluding steroid dienone is 2. The maximum Gasteiger partial charge on any atom is 0.189 e. The lowest BCUT2D eigenvalue weighted by molar-refractivity contribution is -0.111. The van der Waals surface area contributed by atoms with Crippen molar-refractivity contribution in [1.29, 1.82) is 0 Å². The van der Waals surface area contributed by atoms with Crippen LogP contribution in [0.1, 0.15) is 63.9 Å². The summed E-state index contributed by atoms with van der Waals surface area (Å²) < 4.78 is 10.8. The number of carbonyl (C=O) groups is 1. The Bertz CT molecular complexity index is 426. The van der Waals surface area contributed by atoms with E-state index in [4.69, 9.17) is 9.47 Å². The van der Waals surface area contributed by atoms with Gasteiger partial charge in [-0.1, -0.05) is 75.8 Å². The first-order valence-electron chi connectivity index (χ1n) is 8.76. The van der Waals surface area contributed by atoms with Crippen LogP contribution in [0.2, 0.25) is 0 Å². The molecule has 0 radical (unpaired) electrons. The zero-order valence-corrected chi connectivity index (χ0v) is 14.3. The minimum absolute atomic E-state index is 0.108. The molecular formula is C20H30O3. The number of unbranched alkanes of at least 4 members (excludes halogenated alkanes) is 7. The summed E-state index contributed by atoms with van der Waals surface area (Å²) in [6.45, 7) is 2.83. The molecule has 0 unspecified atom stereocenters. The van der Waals surface area contributed by atoms with Crippen LogP contribution in [-0.4, -0.2) is 13.1 Å². The lowest BCUT2D eigenvalue weighted by Gasteiger charge is -2.07. The van der Waals surface area contributed by atoms with E-state index in [1.165, 1.54) is 38.5 Å². The van der Waals surface area contributed by atoms with E-state index in [9.17, 15) is 4.79 Å². The Morgan fingerprint density at radius 2 is 1.70 bits per heavy atom. The molecular weight excluding hydrogens is 288 g/mol. The van der Waals surface area contributed by atoms with Crippen molar-refractivity contribution in [1.82, 2.24) is 0 Å².